The number of carbonyl (C=O) groups excluding carboxylic acids is 1. The van der Waals surface area contributed by atoms with E-state index in [2.05, 4.69) is 6.92 Å². The monoisotopic (exact) mass is 328 g/mol. The maximum Gasteiger partial charge on any atom is 0.188 e. The Kier molecular flexibility index (Phi) is 7.30. The van der Waals surface area contributed by atoms with E-state index < -0.39 is 0 Å². The fourth-order valence-corrected chi connectivity index (χ4v) is 2.44. The van der Waals surface area contributed by atoms with Gasteiger partial charge in [-0.2, -0.15) is 0 Å². The molecule has 0 atom stereocenters. The number of ether oxygens (including phenoxy) is 3. The van der Waals surface area contributed by atoms with Crippen molar-refractivity contribution in [1.82, 2.24) is 0 Å². The highest BCUT2D eigenvalue weighted by molar-refractivity contribution is 5.89. The number of benzene rings is 2. The molecule has 4 heteroatoms. The van der Waals surface area contributed by atoms with Gasteiger partial charge in [0.15, 0.2) is 13.1 Å². The summed E-state index contributed by atoms with van der Waals surface area (Å²) in [5.41, 5.74) is 2.25. The molecule has 0 radical (unpaired) electrons. The Bertz CT molecular complexity index is 652. The summed E-state index contributed by atoms with van der Waals surface area (Å²) in [6.45, 7) is 2.99. The van der Waals surface area contributed by atoms with Crippen LogP contribution >= 0.6 is 0 Å². The molecule has 0 N–H and O–H groups in total. The van der Waals surface area contributed by atoms with Gasteiger partial charge in [0.25, 0.3) is 0 Å². The van der Waals surface area contributed by atoms with Gasteiger partial charge in [-0.1, -0.05) is 44.0 Å². The highest BCUT2D eigenvalue weighted by Gasteiger charge is 2.12. The number of aldehydes is 1. The van der Waals surface area contributed by atoms with Gasteiger partial charge in [-0.15, -0.1) is 0 Å². The van der Waals surface area contributed by atoms with Gasteiger partial charge in [0.05, 0.1) is 6.61 Å². The minimum Gasteiger partial charge on any atom is -0.494 e. The summed E-state index contributed by atoms with van der Waals surface area (Å²) >= 11 is 0. The molecule has 0 aliphatic rings. The van der Waals surface area contributed by atoms with Crippen LogP contribution in [-0.4, -0.2) is 26.8 Å². The predicted octanol–water partition coefficient (Wildman–Crippen LogP) is 4.72. The third-order valence-corrected chi connectivity index (χ3v) is 3.68. The smallest absolute Gasteiger partial charge is 0.188 e. The summed E-state index contributed by atoms with van der Waals surface area (Å²) in [7, 11) is 1.57. The van der Waals surface area contributed by atoms with Crippen molar-refractivity contribution in [2.24, 2.45) is 0 Å². The van der Waals surface area contributed by atoms with Crippen LogP contribution in [0, 0.1) is 0 Å². The Hall–Kier alpha value is -2.33. The van der Waals surface area contributed by atoms with Gasteiger partial charge in [-0.05, 0) is 30.2 Å². The van der Waals surface area contributed by atoms with E-state index in [9.17, 15) is 4.79 Å². The second-order valence-corrected chi connectivity index (χ2v) is 5.47. The van der Waals surface area contributed by atoms with Gasteiger partial charge >= 0.3 is 0 Å². The van der Waals surface area contributed by atoms with Crippen molar-refractivity contribution in [2.75, 3.05) is 20.5 Å². The fraction of sp³-hybridized carbons (Fsp3) is 0.350. The summed E-state index contributed by atoms with van der Waals surface area (Å²) in [6, 6.07) is 13.1. The maximum atomic E-state index is 11.4. The van der Waals surface area contributed by atoms with E-state index >= 15 is 0 Å². The lowest BCUT2D eigenvalue weighted by Crippen LogP contribution is -2.02. The van der Waals surface area contributed by atoms with Crippen LogP contribution in [0.2, 0.25) is 0 Å². The molecule has 0 bridgehead atoms. The zero-order valence-electron chi connectivity index (χ0n) is 14.3. The van der Waals surface area contributed by atoms with E-state index in [0.29, 0.717) is 17.9 Å². The van der Waals surface area contributed by atoms with Gasteiger partial charge in [0.2, 0.25) is 0 Å². The Morgan fingerprint density at radius 2 is 1.83 bits per heavy atom. The summed E-state index contributed by atoms with van der Waals surface area (Å²) in [6.07, 6.45) is 4.18. The topological polar surface area (TPSA) is 44.8 Å². The average Bonchev–Trinajstić information content (AvgIpc) is 2.64. The first-order chi connectivity index (χ1) is 11.8. The SMILES string of the molecule is CCCCCOc1ccc(OCOC)c(-c2ccccc2C=O)c1. The van der Waals surface area contributed by atoms with Gasteiger partial charge < -0.3 is 14.2 Å². The summed E-state index contributed by atoms with van der Waals surface area (Å²) in [5.74, 6) is 1.43. The lowest BCUT2D eigenvalue weighted by atomic mass is 9.99. The minimum atomic E-state index is 0.146. The van der Waals surface area contributed by atoms with Crippen molar-refractivity contribution in [3.63, 3.8) is 0 Å². The number of rotatable bonds is 10. The van der Waals surface area contributed by atoms with Crippen LogP contribution in [0.5, 0.6) is 11.5 Å². The Morgan fingerprint density at radius 3 is 2.58 bits per heavy atom. The second kappa shape index (κ2) is 9.73. The number of hydrogen-bond donors (Lipinski definition) is 0. The molecule has 0 heterocycles. The molecule has 2 aromatic carbocycles. The zero-order chi connectivity index (χ0) is 17.2. The Labute approximate surface area is 143 Å². The first-order valence-electron chi connectivity index (χ1n) is 8.23. The lowest BCUT2D eigenvalue weighted by molar-refractivity contribution is 0.0515. The van der Waals surface area contributed by atoms with Gasteiger partial charge in [-0.25, -0.2) is 0 Å². The second-order valence-electron chi connectivity index (χ2n) is 5.47. The minimum absolute atomic E-state index is 0.146. The van der Waals surface area contributed by atoms with Crippen LogP contribution in [0.25, 0.3) is 11.1 Å². The molecule has 0 aliphatic heterocycles. The fourth-order valence-electron chi connectivity index (χ4n) is 2.44. The molecule has 0 fully saturated rings. The molecule has 0 spiro atoms. The molecule has 0 saturated carbocycles. The van der Waals surface area contributed by atoms with Crippen LogP contribution in [0.3, 0.4) is 0 Å². The van der Waals surface area contributed by atoms with Crippen molar-refractivity contribution in [2.45, 2.75) is 26.2 Å². The first kappa shape index (κ1) is 18.0. The highest BCUT2D eigenvalue weighted by Crippen LogP contribution is 2.35. The molecule has 0 aliphatic carbocycles. The molecule has 2 aromatic rings. The van der Waals surface area contributed by atoms with E-state index in [4.69, 9.17) is 14.2 Å². The van der Waals surface area contributed by atoms with Crippen molar-refractivity contribution in [1.29, 1.82) is 0 Å². The van der Waals surface area contributed by atoms with Crippen LogP contribution in [0.15, 0.2) is 42.5 Å². The average molecular weight is 328 g/mol. The van der Waals surface area contributed by atoms with E-state index in [1.807, 2.05) is 36.4 Å². The summed E-state index contributed by atoms with van der Waals surface area (Å²) in [5, 5.41) is 0. The van der Waals surface area contributed by atoms with Gasteiger partial charge in [0.1, 0.15) is 11.5 Å². The third kappa shape index (κ3) is 4.83. The van der Waals surface area contributed by atoms with E-state index in [0.717, 1.165) is 42.4 Å². The molecular weight excluding hydrogens is 304 g/mol. The molecule has 24 heavy (non-hydrogen) atoms. The molecule has 0 amide bonds. The largest absolute Gasteiger partial charge is 0.494 e. The standard InChI is InChI=1S/C20H24O4/c1-3-4-7-12-23-17-10-11-20(24-15-22-2)19(13-17)18-9-6-5-8-16(18)14-21/h5-6,8-11,13-14H,3-4,7,12,15H2,1-2H3. The van der Waals surface area contributed by atoms with Gasteiger partial charge in [0, 0.05) is 18.2 Å². The molecular formula is C20H24O4. The van der Waals surface area contributed by atoms with Crippen LogP contribution < -0.4 is 9.47 Å². The molecule has 0 aromatic heterocycles. The predicted molar refractivity (Wildman–Crippen MR) is 94.8 cm³/mol. The number of hydrogen-bond acceptors (Lipinski definition) is 4. The van der Waals surface area contributed by atoms with Crippen molar-refractivity contribution < 1.29 is 19.0 Å². The van der Waals surface area contributed by atoms with Gasteiger partial charge in [-0.3, -0.25) is 4.79 Å². The van der Waals surface area contributed by atoms with E-state index in [-0.39, 0.29) is 6.79 Å². The highest BCUT2D eigenvalue weighted by atomic mass is 16.7. The maximum absolute atomic E-state index is 11.4. The normalized spacial score (nSPS) is 10.4. The Morgan fingerprint density at radius 1 is 1.00 bits per heavy atom. The molecule has 128 valence electrons. The third-order valence-electron chi connectivity index (χ3n) is 3.68. The number of methoxy groups -OCH3 is 1. The lowest BCUT2D eigenvalue weighted by Gasteiger charge is -2.15. The van der Waals surface area contributed by atoms with Crippen molar-refractivity contribution in [3.8, 4) is 22.6 Å². The summed E-state index contributed by atoms with van der Waals surface area (Å²) in [4.78, 5) is 11.4. The Balaban J connectivity index is 2.31. The molecule has 4 nitrogen and oxygen atoms in total. The van der Waals surface area contributed by atoms with Crippen molar-refractivity contribution >= 4 is 6.29 Å². The summed E-state index contributed by atoms with van der Waals surface area (Å²) < 4.78 is 16.5. The number of unbranched alkanes of at least 4 members (excludes halogenated alkanes) is 2. The number of carbonyl (C=O) groups is 1. The molecule has 2 rings (SSSR count). The first-order valence-corrected chi connectivity index (χ1v) is 8.23. The quantitative estimate of drug-likeness (QED) is 0.360. The van der Waals surface area contributed by atoms with E-state index in [1.54, 1.807) is 13.2 Å². The van der Waals surface area contributed by atoms with Crippen LogP contribution in [0.1, 0.15) is 36.5 Å². The van der Waals surface area contributed by atoms with E-state index in [1.165, 1.54) is 0 Å². The van der Waals surface area contributed by atoms with Crippen LogP contribution in [-0.2, 0) is 4.74 Å². The molecule has 0 unspecified atom stereocenters. The zero-order valence-corrected chi connectivity index (χ0v) is 14.3. The van der Waals surface area contributed by atoms with Crippen LogP contribution in [0.4, 0.5) is 0 Å². The molecule has 0 saturated heterocycles. The van der Waals surface area contributed by atoms with Crippen molar-refractivity contribution in [3.05, 3.63) is 48.0 Å².